The predicted octanol–water partition coefficient (Wildman–Crippen LogP) is 3.18. The number of nitrogens with zero attached hydrogens (tertiary/aromatic N) is 2. The van der Waals surface area contributed by atoms with E-state index in [1.54, 1.807) is 60.0 Å². The number of halogens is 1. The first kappa shape index (κ1) is 17.8. The third-order valence-corrected chi connectivity index (χ3v) is 3.69. The molecule has 0 radical (unpaired) electrons. The number of rotatable bonds is 6. The van der Waals surface area contributed by atoms with E-state index in [9.17, 15) is 9.59 Å². The molecule has 0 unspecified atom stereocenters. The van der Waals surface area contributed by atoms with E-state index in [-0.39, 0.29) is 24.7 Å². The van der Waals surface area contributed by atoms with E-state index in [0.717, 1.165) is 0 Å². The van der Waals surface area contributed by atoms with Crippen molar-refractivity contribution in [3.8, 4) is 5.75 Å². The van der Waals surface area contributed by atoms with Crippen molar-refractivity contribution in [3.63, 3.8) is 0 Å². The molecule has 0 saturated heterocycles. The lowest BCUT2D eigenvalue weighted by Gasteiger charge is -2.09. The van der Waals surface area contributed by atoms with Gasteiger partial charge in [0.05, 0.1) is 6.61 Å². The third kappa shape index (κ3) is 3.94. The van der Waals surface area contributed by atoms with Crippen LogP contribution in [0.2, 0.25) is 5.02 Å². The van der Waals surface area contributed by atoms with Gasteiger partial charge in [-0.1, -0.05) is 17.7 Å². The Morgan fingerprint density at radius 3 is 2.69 bits per heavy atom. The number of carbonyl (C=O) groups is 2. The number of fused-ring (bicyclic) bond motifs is 1. The summed E-state index contributed by atoms with van der Waals surface area (Å²) in [6.45, 7) is 1.68. The van der Waals surface area contributed by atoms with Crippen LogP contribution in [0.3, 0.4) is 0 Å². The second kappa shape index (κ2) is 7.88. The van der Waals surface area contributed by atoms with Gasteiger partial charge in [-0.2, -0.15) is 0 Å². The Morgan fingerprint density at radius 2 is 1.96 bits per heavy atom. The minimum absolute atomic E-state index is 0.0397. The average Bonchev–Trinajstić information content (AvgIpc) is 3.00. The zero-order chi connectivity index (χ0) is 18.5. The third-order valence-electron chi connectivity index (χ3n) is 3.44. The maximum Gasteiger partial charge on any atom is 0.360 e. The zero-order valence-corrected chi connectivity index (χ0v) is 14.7. The molecular formula is C18H16ClN3O4. The SMILES string of the molecule is CCOC(=O)c1nc2ccccn2c1NC(=O)COc1ccc(Cl)cc1. The minimum Gasteiger partial charge on any atom is -0.484 e. The number of aromatic nitrogens is 2. The van der Waals surface area contributed by atoms with Crippen molar-refractivity contribution in [2.45, 2.75) is 6.92 Å². The van der Waals surface area contributed by atoms with Crippen molar-refractivity contribution in [2.75, 3.05) is 18.5 Å². The lowest BCUT2D eigenvalue weighted by Crippen LogP contribution is -2.22. The first-order chi connectivity index (χ1) is 12.6. The van der Waals surface area contributed by atoms with E-state index in [4.69, 9.17) is 21.1 Å². The molecular weight excluding hydrogens is 358 g/mol. The normalized spacial score (nSPS) is 10.5. The molecule has 0 saturated carbocycles. The molecule has 0 atom stereocenters. The highest BCUT2D eigenvalue weighted by atomic mass is 35.5. The molecule has 1 aromatic carbocycles. The van der Waals surface area contributed by atoms with E-state index in [1.165, 1.54) is 0 Å². The van der Waals surface area contributed by atoms with E-state index in [1.807, 2.05) is 0 Å². The molecule has 0 bridgehead atoms. The summed E-state index contributed by atoms with van der Waals surface area (Å²) in [5.74, 6) is -0.293. The molecule has 2 heterocycles. The van der Waals surface area contributed by atoms with E-state index in [2.05, 4.69) is 10.3 Å². The number of pyridine rings is 1. The molecule has 0 spiro atoms. The van der Waals surface area contributed by atoms with Gasteiger partial charge in [-0.05, 0) is 43.3 Å². The van der Waals surface area contributed by atoms with Crippen LogP contribution in [0.1, 0.15) is 17.4 Å². The monoisotopic (exact) mass is 373 g/mol. The zero-order valence-electron chi connectivity index (χ0n) is 13.9. The van der Waals surface area contributed by atoms with E-state index in [0.29, 0.717) is 16.4 Å². The van der Waals surface area contributed by atoms with Crippen LogP contribution >= 0.6 is 11.6 Å². The number of imidazole rings is 1. The lowest BCUT2D eigenvalue weighted by molar-refractivity contribution is -0.118. The Hall–Kier alpha value is -3.06. The highest BCUT2D eigenvalue weighted by Crippen LogP contribution is 2.20. The summed E-state index contributed by atoms with van der Waals surface area (Å²) in [4.78, 5) is 28.6. The standard InChI is InChI=1S/C18H16ClN3O4/c1-2-25-18(24)16-17(22-10-4-3-5-14(22)20-16)21-15(23)11-26-13-8-6-12(19)7-9-13/h3-10H,2,11H2,1H3,(H,21,23). The van der Waals surface area contributed by atoms with E-state index >= 15 is 0 Å². The van der Waals surface area contributed by atoms with Gasteiger partial charge >= 0.3 is 5.97 Å². The van der Waals surface area contributed by atoms with Gasteiger partial charge in [0.25, 0.3) is 5.91 Å². The number of benzene rings is 1. The van der Waals surface area contributed by atoms with Crippen molar-refractivity contribution in [1.82, 2.24) is 9.38 Å². The summed E-state index contributed by atoms with van der Waals surface area (Å²) in [6.07, 6.45) is 1.70. The fraction of sp³-hybridized carbons (Fsp3) is 0.167. The molecule has 134 valence electrons. The number of esters is 1. The number of carbonyl (C=O) groups excluding carboxylic acids is 2. The molecule has 7 nitrogen and oxygen atoms in total. The molecule has 26 heavy (non-hydrogen) atoms. The lowest BCUT2D eigenvalue weighted by atomic mass is 10.3. The Bertz CT molecular complexity index is 937. The van der Waals surface area contributed by atoms with Crippen LogP contribution in [-0.2, 0) is 9.53 Å². The van der Waals surface area contributed by atoms with Gasteiger partial charge in [0, 0.05) is 11.2 Å². The first-order valence-electron chi connectivity index (χ1n) is 7.91. The van der Waals surface area contributed by atoms with Crippen molar-refractivity contribution in [3.05, 3.63) is 59.4 Å². The topological polar surface area (TPSA) is 81.9 Å². The van der Waals surface area contributed by atoms with Crippen molar-refractivity contribution in [2.24, 2.45) is 0 Å². The van der Waals surface area contributed by atoms with Crippen LogP contribution in [0, 0.1) is 0 Å². The fourth-order valence-electron chi connectivity index (χ4n) is 2.30. The molecule has 0 aliphatic heterocycles. The minimum atomic E-state index is -0.606. The number of nitrogens with one attached hydrogen (secondary N) is 1. The number of ether oxygens (including phenoxy) is 2. The summed E-state index contributed by atoms with van der Waals surface area (Å²) < 4.78 is 12.0. The molecule has 0 aliphatic carbocycles. The summed E-state index contributed by atoms with van der Waals surface area (Å²) in [5, 5.41) is 3.24. The van der Waals surface area contributed by atoms with Crippen LogP contribution < -0.4 is 10.1 Å². The van der Waals surface area contributed by atoms with Crippen LogP contribution in [0.15, 0.2) is 48.7 Å². The molecule has 1 amide bonds. The maximum absolute atomic E-state index is 12.3. The Labute approximate surface area is 154 Å². The summed E-state index contributed by atoms with van der Waals surface area (Å²) in [6, 6.07) is 11.9. The van der Waals surface area contributed by atoms with Gasteiger partial charge in [0.1, 0.15) is 11.4 Å². The van der Waals surface area contributed by atoms with Gasteiger partial charge in [0.2, 0.25) is 0 Å². The van der Waals surface area contributed by atoms with Gasteiger partial charge < -0.3 is 14.8 Å². The first-order valence-corrected chi connectivity index (χ1v) is 8.28. The molecule has 8 heteroatoms. The van der Waals surface area contributed by atoms with Crippen molar-refractivity contribution < 1.29 is 19.1 Å². The molecule has 2 aromatic heterocycles. The molecule has 0 fully saturated rings. The molecule has 3 rings (SSSR count). The molecule has 1 N–H and O–H groups in total. The number of hydrogen-bond donors (Lipinski definition) is 1. The van der Waals surface area contributed by atoms with Crippen LogP contribution in [0.25, 0.3) is 5.65 Å². The van der Waals surface area contributed by atoms with Crippen molar-refractivity contribution >= 4 is 34.9 Å². The highest BCUT2D eigenvalue weighted by Gasteiger charge is 2.21. The fourth-order valence-corrected chi connectivity index (χ4v) is 2.43. The smallest absolute Gasteiger partial charge is 0.360 e. The highest BCUT2D eigenvalue weighted by molar-refractivity contribution is 6.30. The number of hydrogen-bond acceptors (Lipinski definition) is 5. The second-order valence-corrected chi connectivity index (χ2v) is 5.69. The average molecular weight is 374 g/mol. The van der Waals surface area contributed by atoms with Crippen LogP contribution in [0.5, 0.6) is 5.75 Å². The molecule has 3 aromatic rings. The second-order valence-electron chi connectivity index (χ2n) is 5.25. The van der Waals surface area contributed by atoms with Gasteiger partial charge in [0.15, 0.2) is 18.1 Å². The van der Waals surface area contributed by atoms with Gasteiger partial charge in [-0.15, -0.1) is 0 Å². The van der Waals surface area contributed by atoms with Crippen LogP contribution in [-0.4, -0.2) is 34.5 Å². The summed E-state index contributed by atoms with van der Waals surface area (Å²) in [5.41, 5.74) is 0.558. The Morgan fingerprint density at radius 1 is 1.19 bits per heavy atom. The Kier molecular flexibility index (Phi) is 5.38. The predicted molar refractivity (Wildman–Crippen MR) is 96.7 cm³/mol. The Balaban J connectivity index is 1.78. The van der Waals surface area contributed by atoms with Gasteiger partial charge in [-0.3, -0.25) is 9.20 Å². The number of amides is 1. The summed E-state index contributed by atoms with van der Waals surface area (Å²) in [7, 11) is 0. The van der Waals surface area contributed by atoms with Crippen molar-refractivity contribution in [1.29, 1.82) is 0 Å². The number of anilines is 1. The largest absolute Gasteiger partial charge is 0.484 e. The maximum atomic E-state index is 12.3. The summed E-state index contributed by atoms with van der Waals surface area (Å²) >= 11 is 5.81. The quantitative estimate of drug-likeness (QED) is 0.671. The van der Waals surface area contributed by atoms with E-state index < -0.39 is 11.9 Å². The molecule has 0 aliphatic rings. The van der Waals surface area contributed by atoms with Crippen LogP contribution in [0.4, 0.5) is 5.82 Å². The van der Waals surface area contributed by atoms with Gasteiger partial charge in [-0.25, -0.2) is 9.78 Å².